The Labute approximate surface area is 113 Å². The van der Waals surface area contributed by atoms with Crippen LogP contribution in [-0.2, 0) is 9.53 Å². The summed E-state index contributed by atoms with van der Waals surface area (Å²) in [6.45, 7) is 5.11. The second-order valence-corrected chi connectivity index (χ2v) is 4.87. The summed E-state index contributed by atoms with van der Waals surface area (Å²) < 4.78 is 11.0. The molecule has 0 radical (unpaired) electrons. The molecule has 0 spiro atoms. The van der Waals surface area contributed by atoms with E-state index in [1.54, 1.807) is 17.0 Å². The van der Waals surface area contributed by atoms with Gasteiger partial charge in [0.1, 0.15) is 5.75 Å². The third-order valence-corrected chi connectivity index (χ3v) is 3.20. The van der Waals surface area contributed by atoms with Crippen LogP contribution in [-0.4, -0.2) is 42.7 Å². The summed E-state index contributed by atoms with van der Waals surface area (Å²) in [4.78, 5) is 13.9. The number of nitrogen functional groups attached to an aromatic ring is 1. The van der Waals surface area contributed by atoms with Gasteiger partial charge in [0, 0.05) is 6.54 Å². The molecule has 19 heavy (non-hydrogen) atoms. The second kappa shape index (κ2) is 5.93. The number of ether oxygens (including phenoxy) is 2. The molecule has 104 valence electrons. The number of anilines is 1. The van der Waals surface area contributed by atoms with Crippen molar-refractivity contribution in [3.8, 4) is 5.75 Å². The first-order chi connectivity index (χ1) is 9.08. The number of nitrogens with zero attached hydrogens (tertiary/aromatic N) is 1. The van der Waals surface area contributed by atoms with Gasteiger partial charge in [0.2, 0.25) is 0 Å². The van der Waals surface area contributed by atoms with Crippen molar-refractivity contribution < 1.29 is 14.3 Å². The van der Waals surface area contributed by atoms with Crippen molar-refractivity contribution in [3.63, 3.8) is 0 Å². The van der Waals surface area contributed by atoms with Crippen LogP contribution in [0.3, 0.4) is 0 Å². The van der Waals surface area contributed by atoms with Crippen molar-refractivity contribution >= 4 is 11.6 Å². The highest BCUT2D eigenvalue weighted by molar-refractivity contribution is 5.78. The highest BCUT2D eigenvalue weighted by Gasteiger charge is 2.27. The zero-order chi connectivity index (χ0) is 13.8. The van der Waals surface area contributed by atoms with Crippen LogP contribution in [0, 0.1) is 0 Å². The molecule has 1 saturated heterocycles. The van der Waals surface area contributed by atoms with E-state index in [9.17, 15) is 4.79 Å². The highest BCUT2D eigenvalue weighted by atomic mass is 16.5. The molecular weight excluding hydrogens is 244 g/mol. The minimum Gasteiger partial charge on any atom is -0.482 e. The number of nitrogens with two attached hydrogens (primary N) is 1. The van der Waals surface area contributed by atoms with Crippen LogP contribution in [0.15, 0.2) is 24.3 Å². The molecule has 2 atom stereocenters. The molecule has 1 amide bonds. The van der Waals surface area contributed by atoms with Crippen LogP contribution in [0.25, 0.3) is 0 Å². The molecule has 0 aliphatic carbocycles. The Bertz CT molecular complexity index is 450. The SMILES string of the molecule is CC1CN(C(=O)COc2ccccc2N)C(C)CO1. The molecule has 1 aliphatic heterocycles. The van der Waals surface area contributed by atoms with Gasteiger partial charge >= 0.3 is 0 Å². The Hall–Kier alpha value is -1.75. The third-order valence-electron chi connectivity index (χ3n) is 3.20. The van der Waals surface area contributed by atoms with E-state index in [4.69, 9.17) is 15.2 Å². The zero-order valence-corrected chi connectivity index (χ0v) is 11.3. The lowest BCUT2D eigenvalue weighted by atomic mass is 10.2. The van der Waals surface area contributed by atoms with Crippen molar-refractivity contribution in [3.05, 3.63) is 24.3 Å². The Kier molecular flexibility index (Phi) is 4.27. The van der Waals surface area contributed by atoms with Gasteiger partial charge in [0.15, 0.2) is 6.61 Å². The molecule has 1 aliphatic rings. The van der Waals surface area contributed by atoms with Crippen LogP contribution in [0.4, 0.5) is 5.69 Å². The largest absolute Gasteiger partial charge is 0.482 e. The summed E-state index contributed by atoms with van der Waals surface area (Å²) in [5, 5.41) is 0. The molecule has 1 aromatic carbocycles. The molecule has 0 saturated carbocycles. The first-order valence-electron chi connectivity index (χ1n) is 6.46. The fourth-order valence-electron chi connectivity index (χ4n) is 2.09. The molecule has 1 heterocycles. The topological polar surface area (TPSA) is 64.8 Å². The highest BCUT2D eigenvalue weighted by Crippen LogP contribution is 2.20. The van der Waals surface area contributed by atoms with Gasteiger partial charge in [0.25, 0.3) is 5.91 Å². The Morgan fingerprint density at radius 3 is 2.95 bits per heavy atom. The van der Waals surface area contributed by atoms with E-state index < -0.39 is 0 Å². The van der Waals surface area contributed by atoms with Crippen molar-refractivity contribution in [2.45, 2.75) is 26.0 Å². The Morgan fingerprint density at radius 2 is 2.21 bits per heavy atom. The van der Waals surface area contributed by atoms with Gasteiger partial charge in [0.05, 0.1) is 24.4 Å². The third kappa shape index (κ3) is 3.38. The van der Waals surface area contributed by atoms with Crippen LogP contribution in [0.2, 0.25) is 0 Å². The van der Waals surface area contributed by atoms with Gasteiger partial charge in [-0.1, -0.05) is 12.1 Å². The molecular formula is C14H20N2O3. The number of carbonyl (C=O) groups excluding carboxylic acids is 1. The number of para-hydroxylation sites is 2. The molecule has 2 unspecified atom stereocenters. The van der Waals surface area contributed by atoms with Gasteiger partial charge in [-0.15, -0.1) is 0 Å². The number of hydrogen-bond acceptors (Lipinski definition) is 4. The minimum absolute atomic E-state index is 0.00523. The van der Waals surface area contributed by atoms with Crippen molar-refractivity contribution in [2.75, 3.05) is 25.5 Å². The number of amides is 1. The van der Waals surface area contributed by atoms with E-state index in [1.807, 2.05) is 26.0 Å². The summed E-state index contributed by atoms with van der Waals surface area (Å²) in [5.74, 6) is 0.510. The molecule has 2 N–H and O–H groups in total. The average molecular weight is 264 g/mol. The zero-order valence-electron chi connectivity index (χ0n) is 11.3. The van der Waals surface area contributed by atoms with E-state index in [0.717, 1.165) is 0 Å². The summed E-state index contributed by atoms with van der Waals surface area (Å²) >= 11 is 0. The molecule has 0 bridgehead atoms. The predicted octanol–water partition coefficient (Wildman–Crippen LogP) is 1.28. The van der Waals surface area contributed by atoms with Gasteiger partial charge in [-0.25, -0.2) is 0 Å². The molecule has 1 fully saturated rings. The molecule has 0 aromatic heterocycles. The lowest BCUT2D eigenvalue weighted by Gasteiger charge is -2.36. The van der Waals surface area contributed by atoms with Crippen LogP contribution >= 0.6 is 0 Å². The van der Waals surface area contributed by atoms with E-state index in [0.29, 0.717) is 24.6 Å². The van der Waals surface area contributed by atoms with Crippen LogP contribution < -0.4 is 10.5 Å². The standard InChI is InChI=1S/C14H20N2O3/c1-10-8-18-11(2)7-16(10)14(17)9-19-13-6-4-3-5-12(13)15/h3-6,10-11H,7-9,15H2,1-2H3. The summed E-state index contributed by atoms with van der Waals surface area (Å²) in [6.07, 6.45) is 0.0712. The Balaban J connectivity index is 1.92. The maximum absolute atomic E-state index is 12.1. The van der Waals surface area contributed by atoms with Gasteiger partial charge < -0.3 is 20.1 Å². The number of carbonyl (C=O) groups is 1. The monoisotopic (exact) mass is 264 g/mol. The van der Waals surface area contributed by atoms with Crippen molar-refractivity contribution in [2.24, 2.45) is 0 Å². The molecule has 5 heteroatoms. The maximum atomic E-state index is 12.1. The summed E-state index contributed by atoms with van der Waals surface area (Å²) in [7, 11) is 0. The molecule has 5 nitrogen and oxygen atoms in total. The van der Waals surface area contributed by atoms with Gasteiger partial charge in [-0.05, 0) is 26.0 Å². The quantitative estimate of drug-likeness (QED) is 0.835. The molecule has 2 rings (SSSR count). The average Bonchev–Trinajstić information content (AvgIpc) is 2.40. The number of benzene rings is 1. The maximum Gasteiger partial charge on any atom is 0.260 e. The second-order valence-electron chi connectivity index (χ2n) is 4.87. The van der Waals surface area contributed by atoms with E-state index in [1.165, 1.54) is 0 Å². The number of rotatable bonds is 3. The van der Waals surface area contributed by atoms with Gasteiger partial charge in [-0.3, -0.25) is 4.79 Å². The Morgan fingerprint density at radius 1 is 1.47 bits per heavy atom. The summed E-state index contributed by atoms with van der Waals surface area (Å²) in [5.41, 5.74) is 6.31. The normalized spacial score (nSPS) is 23.2. The van der Waals surface area contributed by atoms with Crippen molar-refractivity contribution in [1.82, 2.24) is 4.90 Å². The lowest BCUT2D eigenvalue weighted by molar-refractivity contribution is -0.145. The molecule has 1 aromatic rings. The fourth-order valence-corrected chi connectivity index (χ4v) is 2.09. The van der Waals surface area contributed by atoms with Crippen LogP contribution in [0.5, 0.6) is 5.75 Å². The number of hydrogen-bond donors (Lipinski definition) is 1. The van der Waals surface area contributed by atoms with Crippen LogP contribution in [0.1, 0.15) is 13.8 Å². The number of morpholine rings is 1. The van der Waals surface area contributed by atoms with E-state index in [-0.39, 0.29) is 24.7 Å². The lowest BCUT2D eigenvalue weighted by Crippen LogP contribution is -2.51. The minimum atomic E-state index is -0.0362. The van der Waals surface area contributed by atoms with E-state index in [2.05, 4.69) is 0 Å². The first kappa shape index (κ1) is 13.7. The predicted molar refractivity (Wildman–Crippen MR) is 72.9 cm³/mol. The first-order valence-corrected chi connectivity index (χ1v) is 6.46. The van der Waals surface area contributed by atoms with Crippen molar-refractivity contribution in [1.29, 1.82) is 0 Å². The summed E-state index contributed by atoms with van der Waals surface area (Å²) in [6, 6.07) is 7.25. The van der Waals surface area contributed by atoms with E-state index >= 15 is 0 Å². The van der Waals surface area contributed by atoms with Gasteiger partial charge in [-0.2, -0.15) is 0 Å². The fraction of sp³-hybridized carbons (Fsp3) is 0.500. The smallest absolute Gasteiger partial charge is 0.260 e.